The van der Waals surface area contributed by atoms with E-state index < -0.39 is 103 Å². The zero-order valence-corrected chi connectivity index (χ0v) is 49.7. The molecule has 89 heavy (non-hydrogen) atoms. The van der Waals surface area contributed by atoms with E-state index in [1.807, 2.05) is 0 Å². The molecule has 20 N–H and O–H groups in total. The van der Waals surface area contributed by atoms with Gasteiger partial charge in [0.05, 0.1) is 25.7 Å². The Kier molecular flexibility index (Phi) is 31.8. The molecule has 4 rings (SSSR count). The molecule has 2 aromatic heterocycles. The number of aromatic nitrogens is 4. The molecular weight excluding hydrogens is 1180 g/mol. The number of carboxylic acid groups (broad SMARTS) is 1. The number of aliphatic carboxylic acids is 1. The number of thiocarbonyl (C=S) groups is 1. The van der Waals surface area contributed by atoms with Gasteiger partial charge in [0.1, 0.15) is 29.9 Å². The fourth-order valence-corrected chi connectivity index (χ4v) is 8.43. The Hall–Kier alpha value is -10.1. The third kappa shape index (κ3) is 29.7. The zero-order chi connectivity index (χ0) is 64.9. The van der Waals surface area contributed by atoms with Gasteiger partial charge in [-0.1, -0.05) is 12.1 Å². The van der Waals surface area contributed by atoms with Gasteiger partial charge in [0.15, 0.2) is 5.11 Å². The first-order valence-corrected chi connectivity index (χ1v) is 29.0. The highest BCUT2D eigenvalue weighted by atomic mass is 32.1. The first-order valence-electron chi connectivity index (χ1n) is 28.6. The Morgan fingerprint density at radius 3 is 1.43 bits per heavy atom. The van der Waals surface area contributed by atoms with Crippen molar-refractivity contribution >= 4 is 94.0 Å². The van der Waals surface area contributed by atoms with Crippen molar-refractivity contribution in [2.24, 2.45) is 11.6 Å². The minimum Gasteiger partial charge on any atom is -0.508 e. The van der Waals surface area contributed by atoms with Crippen LogP contribution in [0.3, 0.4) is 0 Å². The molecule has 4 atom stereocenters. The van der Waals surface area contributed by atoms with Crippen molar-refractivity contribution < 1.29 is 67.7 Å². The van der Waals surface area contributed by atoms with E-state index in [0.29, 0.717) is 37.2 Å². The van der Waals surface area contributed by atoms with Crippen LogP contribution in [0.25, 0.3) is 0 Å². The number of unbranched alkanes of at least 4 members (excludes halogenated alkanes) is 2. The largest absolute Gasteiger partial charge is 0.508 e. The number of benzene rings is 2. The summed E-state index contributed by atoms with van der Waals surface area (Å²) in [6.45, 7) is 0.0109. The number of amides is 11. The molecule has 0 radical (unpaired) electrons. The fourth-order valence-electron chi connectivity index (χ4n) is 8.31. The van der Waals surface area contributed by atoms with Crippen molar-refractivity contribution in [1.82, 2.24) is 78.5 Å². The highest BCUT2D eigenvalue weighted by molar-refractivity contribution is 7.80. The lowest BCUT2D eigenvalue weighted by Gasteiger charge is -2.26. The van der Waals surface area contributed by atoms with Crippen LogP contribution < -0.4 is 75.5 Å². The molecule has 0 saturated heterocycles. The smallest absolute Gasteiger partial charge is 0.303 e. The first-order chi connectivity index (χ1) is 42.7. The molecule has 482 valence electrons. The van der Waals surface area contributed by atoms with E-state index in [0.717, 1.165) is 11.4 Å². The van der Waals surface area contributed by atoms with E-state index in [1.54, 1.807) is 12.4 Å². The number of anilines is 1. The number of phenols is 1. The number of imidazole rings is 2. The van der Waals surface area contributed by atoms with E-state index in [9.17, 15) is 67.7 Å². The molecule has 0 aliphatic rings. The summed E-state index contributed by atoms with van der Waals surface area (Å²) < 4.78 is 0. The first kappa shape index (κ1) is 71.4. The second-order valence-corrected chi connectivity index (χ2v) is 20.6. The molecule has 4 aromatic rings. The Labute approximate surface area is 516 Å². The molecule has 0 aliphatic carbocycles. The summed E-state index contributed by atoms with van der Waals surface area (Å²) in [6.07, 6.45) is 6.11. The van der Waals surface area contributed by atoms with Crippen LogP contribution in [0.1, 0.15) is 104 Å². The molecule has 2 aromatic carbocycles. The number of aromatic hydroxyl groups is 1. The molecule has 0 fully saturated rings. The van der Waals surface area contributed by atoms with E-state index in [2.05, 4.69) is 83.8 Å². The lowest BCUT2D eigenvalue weighted by atomic mass is 10.0. The number of phenolic OH excluding ortho intramolecular Hbond substituents is 1. The standard InChI is InChI=1S/C56H78N18O14S/c57-51(84)40(5-1-3-23-61-48(80)30-65-46(78)18-16-44(76)63-25-21-37-28-59-32-67-37)70-54(87)42(15-20-50(82)83)72-53(86)41(6-2-4-24-62-49(81)31-66-47(79)19-17-45(77)64-26-22-38-29-60-33-68-38)71-55(88)43(27-34-7-13-39(75)14-8-34)73-52(85)35-9-11-36(12-10-35)69-56(89)74-58/h7-14,28-29,32-33,40-43,75H,1-6,15-27,30-31,58H2,(H2,57,84)(H,59,67)(H,60,68)(H,61,80)(H,62,81)(H,63,76)(H,64,77)(H,65,78)(H,66,79)(H,70,87)(H,71,88)(H,72,86)(H,73,85)(H,82,83)(H2,69,74,89)/t40-,41-,42-,43-/m1/s1. The Morgan fingerprint density at radius 1 is 0.517 bits per heavy atom. The number of hydrogen-bond donors (Lipinski definition) is 18. The van der Waals surface area contributed by atoms with Crippen LogP contribution in [-0.4, -0.2) is 170 Å². The van der Waals surface area contributed by atoms with Crippen molar-refractivity contribution in [3.05, 3.63) is 96.1 Å². The van der Waals surface area contributed by atoms with Gasteiger partial charge in [-0.15, -0.1) is 0 Å². The van der Waals surface area contributed by atoms with Gasteiger partial charge in [0.25, 0.3) is 5.91 Å². The summed E-state index contributed by atoms with van der Waals surface area (Å²) in [7, 11) is 0. The van der Waals surface area contributed by atoms with Gasteiger partial charge in [-0.25, -0.2) is 15.8 Å². The normalized spacial score (nSPS) is 12.0. The van der Waals surface area contributed by atoms with Crippen molar-refractivity contribution in [2.75, 3.05) is 44.6 Å². The third-order valence-corrected chi connectivity index (χ3v) is 13.4. The lowest BCUT2D eigenvalue weighted by molar-refractivity contribution is -0.138. The summed E-state index contributed by atoms with van der Waals surface area (Å²) in [6, 6.07) is 5.88. The van der Waals surface area contributed by atoms with Crippen LogP contribution in [0, 0.1) is 0 Å². The predicted molar refractivity (Wildman–Crippen MR) is 324 cm³/mol. The summed E-state index contributed by atoms with van der Waals surface area (Å²) in [5.41, 5.74) is 10.7. The van der Waals surface area contributed by atoms with Crippen LogP contribution in [0.5, 0.6) is 5.75 Å². The lowest BCUT2D eigenvalue weighted by Crippen LogP contribution is -2.58. The van der Waals surface area contributed by atoms with Crippen LogP contribution >= 0.6 is 12.2 Å². The Morgan fingerprint density at radius 2 is 0.966 bits per heavy atom. The summed E-state index contributed by atoms with van der Waals surface area (Å²) in [5.74, 6) is -3.47. The number of H-pyrrole nitrogens is 2. The second kappa shape index (κ2) is 39.6. The third-order valence-electron chi connectivity index (χ3n) is 13.2. The van der Waals surface area contributed by atoms with Crippen LogP contribution in [0.4, 0.5) is 5.69 Å². The number of hydrogen-bond acceptors (Lipinski definition) is 17. The molecule has 11 amide bonds. The maximum absolute atomic E-state index is 14.4. The quantitative estimate of drug-likeness (QED) is 0.00925. The van der Waals surface area contributed by atoms with Crippen LogP contribution in [-0.2, 0) is 72.0 Å². The minimum absolute atomic E-state index is 0.0264. The van der Waals surface area contributed by atoms with Gasteiger partial charge in [0.2, 0.25) is 59.1 Å². The number of rotatable bonds is 41. The average Bonchev–Trinajstić information content (AvgIpc) is 4.45. The predicted octanol–water partition coefficient (Wildman–Crippen LogP) is -2.77. The Bertz CT molecular complexity index is 2990. The molecule has 2 heterocycles. The number of hydrazine groups is 1. The van der Waals surface area contributed by atoms with Crippen molar-refractivity contribution in [3.8, 4) is 5.75 Å². The van der Waals surface area contributed by atoms with Gasteiger partial charge in [-0.3, -0.25) is 57.5 Å². The SMILES string of the molecule is NNC(=S)Nc1ccc(C(=O)N[C@H](Cc2ccc(O)cc2)C(=O)N[C@H](CCCCNC(=O)CNC(=O)CCC(=O)NCCc2cnc[nH]2)C(=O)N[C@H](CCC(=O)O)C(=O)N[C@H](CCCCNC(=O)CNC(=O)CCC(=O)NCCc2cnc[nH]2)C(N)=O)cc1. The van der Waals surface area contributed by atoms with E-state index in [1.165, 1.54) is 61.2 Å². The number of primary amides is 1. The summed E-state index contributed by atoms with van der Waals surface area (Å²) >= 11 is 5.03. The van der Waals surface area contributed by atoms with E-state index in [-0.39, 0.29) is 119 Å². The molecule has 0 aliphatic heterocycles. The highest BCUT2D eigenvalue weighted by Crippen LogP contribution is 2.15. The van der Waals surface area contributed by atoms with Crippen molar-refractivity contribution in [1.29, 1.82) is 0 Å². The van der Waals surface area contributed by atoms with Gasteiger partial charge >= 0.3 is 5.97 Å². The molecule has 0 saturated carbocycles. The number of carbonyl (C=O) groups excluding carboxylic acids is 11. The fraction of sp³-hybridized carbons (Fsp3) is 0.446. The summed E-state index contributed by atoms with van der Waals surface area (Å²) in [5, 5.41) is 48.3. The molecule has 0 unspecified atom stereocenters. The van der Waals surface area contributed by atoms with Crippen molar-refractivity contribution in [3.63, 3.8) is 0 Å². The number of carboxylic acids is 1. The number of aromatic amines is 2. The molecular formula is C56H78N18O14S. The molecule has 0 spiro atoms. The zero-order valence-electron chi connectivity index (χ0n) is 48.8. The van der Waals surface area contributed by atoms with Crippen LogP contribution in [0.2, 0.25) is 0 Å². The molecule has 0 bridgehead atoms. The average molecular weight is 1260 g/mol. The van der Waals surface area contributed by atoms with Gasteiger partial charge in [-0.2, -0.15) is 0 Å². The maximum Gasteiger partial charge on any atom is 0.303 e. The van der Waals surface area contributed by atoms with E-state index in [4.69, 9.17) is 23.8 Å². The van der Waals surface area contributed by atoms with Crippen LogP contribution in [0.15, 0.2) is 73.6 Å². The van der Waals surface area contributed by atoms with Gasteiger partial charge in [-0.05, 0) is 99.1 Å². The maximum atomic E-state index is 14.4. The van der Waals surface area contributed by atoms with Gasteiger partial charge in [0, 0.05) is 113 Å². The number of nitrogens with two attached hydrogens (primary N) is 2. The Balaban J connectivity index is 1.38. The topological polar surface area (TPSA) is 499 Å². The minimum atomic E-state index is -1.62. The van der Waals surface area contributed by atoms with Crippen molar-refractivity contribution in [2.45, 2.75) is 120 Å². The number of carbonyl (C=O) groups is 12. The number of nitrogens with zero attached hydrogens (tertiary/aromatic N) is 2. The monoisotopic (exact) mass is 1260 g/mol. The van der Waals surface area contributed by atoms with E-state index >= 15 is 0 Å². The van der Waals surface area contributed by atoms with Gasteiger partial charge < -0.3 is 89.8 Å². The second-order valence-electron chi connectivity index (χ2n) is 20.2. The molecule has 33 heteroatoms. The highest BCUT2D eigenvalue weighted by Gasteiger charge is 2.32. The summed E-state index contributed by atoms with van der Waals surface area (Å²) in [4.78, 5) is 169. The number of nitrogens with one attached hydrogen (secondary N) is 14. The molecule has 32 nitrogen and oxygen atoms in total.